The Bertz CT molecular complexity index is 241. The molecule has 0 aliphatic carbocycles. The van der Waals surface area contributed by atoms with Gasteiger partial charge in [0.15, 0.2) is 0 Å². The van der Waals surface area contributed by atoms with Gasteiger partial charge < -0.3 is 9.73 Å². The molecule has 1 heterocycles. The van der Waals surface area contributed by atoms with Crippen molar-refractivity contribution in [2.75, 3.05) is 6.54 Å². The van der Waals surface area contributed by atoms with Crippen LogP contribution >= 0.6 is 0 Å². The molecule has 72 valence electrons. The van der Waals surface area contributed by atoms with Gasteiger partial charge in [0.25, 0.3) is 0 Å². The van der Waals surface area contributed by atoms with Crippen LogP contribution in [0.25, 0.3) is 0 Å². The third-order valence-corrected chi connectivity index (χ3v) is 1.75. The van der Waals surface area contributed by atoms with Crippen molar-refractivity contribution in [2.24, 2.45) is 0 Å². The van der Waals surface area contributed by atoms with Gasteiger partial charge in [-0.15, -0.1) is 0 Å². The summed E-state index contributed by atoms with van der Waals surface area (Å²) in [6.07, 6.45) is 3.79. The van der Waals surface area contributed by atoms with E-state index in [1.807, 2.05) is 19.1 Å². The van der Waals surface area contributed by atoms with Crippen LogP contribution in [0, 0.1) is 0 Å². The zero-order chi connectivity index (χ0) is 9.52. The van der Waals surface area contributed by atoms with E-state index in [9.17, 15) is 4.79 Å². The van der Waals surface area contributed by atoms with Gasteiger partial charge in [0, 0.05) is 19.4 Å². The molecule has 0 bridgehead atoms. The van der Waals surface area contributed by atoms with Crippen molar-refractivity contribution in [1.82, 2.24) is 5.32 Å². The largest absolute Gasteiger partial charge is 0.469 e. The average Bonchev–Trinajstić information content (AvgIpc) is 2.64. The van der Waals surface area contributed by atoms with Crippen LogP contribution in [0.2, 0.25) is 0 Å². The first-order valence-electron chi connectivity index (χ1n) is 4.62. The van der Waals surface area contributed by atoms with Gasteiger partial charge in [-0.1, -0.05) is 6.92 Å². The lowest BCUT2D eigenvalue weighted by Gasteiger charge is -2.01. The van der Waals surface area contributed by atoms with E-state index in [2.05, 4.69) is 5.32 Å². The summed E-state index contributed by atoms with van der Waals surface area (Å²) in [7, 11) is 0. The minimum Gasteiger partial charge on any atom is -0.469 e. The topological polar surface area (TPSA) is 42.2 Å². The van der Waals surface area contributed by atoms with E-state index in [0.29, 0.717) is 12.8 Å². The molecule has 0 fully saturated rings. The van der Waals surface area contributed by atoms with Gasteiger partial charge in [0.1, 0.15) is 5.76 Å². The van der Waals surface area contributed by atoms with Crippen LogP contribution in [0.5, 0.6) is 0 Å². The van der Waals surface area contributed by atoms with Crippen LogP contribution in [0.1, 0.15) is 25.5 Å². The second-order valence-corrected chi connectivity index (χ2v) is 2.93. The summed E-state index contributed by atoms with van der Waals surface area (Å²) in [6.45, 7) is 2.80. The summed E-state index contributed by atoms with van der Waals surface area (Å²) in [4.78, 5) is 11.1. The second-order valence-electron chi connectivity index (χ2n) is 2.93. The molecule has 0 aliphatic rings. The Morgan fingerprint density at radius 2 is 2.46 bits per heavy atom. The molecule has 0 saturated carbocycles. The molecule has 1 N–H and O–H groups in total. The van der Waals surface area contributed by atoms with E-state index < -0.39 is 0 Å². The number of aryl methyl sites for hydroxylation is 1. The van der Waals surface area contributed by atoms with E-state index in [1.54, 1.807) is 6.26 Å². The molecule has 3 nitrogen and oxygen atoms in total. The SMILES string of the molecule is CCCNC(=O)CCc1ccco1. The Balaban J connectivity index is 2.15. The number of rotatable bonds is 5. The molecule has 13 heavy (non-hydrogen) atoms. The van der Waals surface area contributed by atoms with Crippen LogP contribution in [-0.4, -0.2) is 12.5 Å². The number of carbonyl (C=O) groups excluding carboxylic acids is 1. The van der Waals surface area contributed by atoms with Gasteiger partial charge >= 0.3 is 0 Å². The summed E-state index contributed by atoms with van der Waals surface area (Å²) in [5.41, 5.74) is 0. The number of nitrogens with one attached hydrogen (secondary N) is 1. The van der Waals surface area contributed by atoms with E-state index in [4.69, 9.17) is 4.42 Å². The maximum Gasteiger partial charge on any atom is 0.220 e. The van der Waals surface area contributed by atoms with Crippen LogP contribution in [0.15, 0.2) is 22.8 Å². The standard InChI is InChI=1S/C10H15NO2/c1-2-7-11-10(12)6-5-9-4-3-8-13-9/h3-4,8H,2,5-7H2,1H3,(H,11,12). The van der Waals surface area contributed by atoms with Crippen LogP contribution in [-0.2, 0) is 11.2 Å². The highest BCUT2D eigenvalue weighted by atomic mass is 16.3. The highest BCUT2D eigenvalue weighted by molar-refractivity contribution is 5.75. The van der Waals surface area contributed by atoms with Crippen molar-refractivity contribution in [2.45, 2.75) is 26.2 Å². The summed E-state index contributed by atoms with van der Waals surface area (Å²) in [6, 6.07) is 3.71. The summed E-state index contributed by atoms with van der Waals surface area (Å²) < 4.78 is 5.11. The predicted molar refractivity (Wildman–Crippen MR) is 50.3 cm³/mol. The molecule has 1 aromatic heterocycles. The molecule has 3 heteroatoms. The van der Waals surface area contributed by atoms with Gasteiger partial charge in [-0.05, 0) is 18.6 Å². The van der Waals surface area contributed by atoms with Gasteiger partial charge in [0.05, 0.1) is 6.26 Å². The number of amides is 1. The Morgan fingerprint density at radius 3 is 3.08 bits per heavy atom. The quantitative estimate of drug-likeness (QED) is 0.751. The van der Waals surface area contributed by atoms with Crippen molar-refractivity contribution >= 4 is 5.91 Å². The minimum absolute atomic E-state index is 0.0956. The van der Waals surface area contributed by atoms with Crippen molar-refractivity contribution < 1.29 is 9.21 Å². The molecule has 0 radical (unpaired) electrons. The summed E-state index contributed by atoms with van der Waals surface area (Å²) in [5.74, 6) is 0.963. The van der Waals surface area contributed by atoms with Crippen LogP contribution in [0.4, 0.5) is 0 Å². The molecular weight excluding hydrogens is 166 g/mol. The van der Waals surface area contributed by atoms with Gasteiger partial charge in [-0.2, -0.15) is 0 Å². The second kappa shape index (κ2) is 5.41. The molecule has 0 aromatic carbocycles. The highest BCUT2D eigenvalue weighted by Gasteiger charge is 2.01. The summed E-state index contributed by atoms with van der Waals surface area (Å²) >= 11 is 0. The first-order chi connectivity index (χ1) is 6.33. The first kappa shape index (κ1) is 9.84. The zero-order valence-corrected chi connectivity index (χ0v) is 7.88. The normalized spacial score (nSPS) is 9.92. The molecule has 0 aliphatic heterocycles. The fourth-order valence-electron chi connectivity index (χ4n) is 1.04. The Hall–Kier alpha value is -1.25. The molecule has 0 atom stereocenters. The number of furan rings is 1. The predicted octanol–water partition coefficient (Wildman–Crippen LogP) is 1.74. The maximum atomic E-state index is 11.1. The lowest BCUT2D eigenvalue weighted by Crippen LogP contribution is -2.24. The van der Waals surface area contributed by atoms with Gasteiger partial charge in [-0.25, -0.2) is 0 Å². The number of carbonyl (C=O) groups is 1. The Labute approximate surface area is 78.1 Å². The highest BCUT2D eigenvalue weighted by Crippen LogP contribution is 2.02. The number of hydrogen-bond acceptors (Lipinski definition) is 2. The maximum absolute atomic E-state index is 11.1. The number of hydrogen-bond donors (Lipinski definition) is 1. The molecule has 0 unspecified atom stereocenters. The Kier molecular flexibility index (Phi) is 4.09. The van der Waals surface area contributed by atoms with E-state index in [1.165, 1.54) is 0 Å². The van der Waals surface area contributed by atoms with E-state index >= 15 is 0 Å². The fraction of sp³-hybridized carbons (Fsp3) is 0.500. The molecule has 0 spiro atoms. The summed E-state index contributed by atoms with van der Waals surface area (Å²) in [5, 5.41) is 2.81. The van der Waals surface area contributed by atoms with E-state index in [0.717, 1.165) is 18.7 Å². The van der Waals surface area contributed by atoms with E-state index in [-0.39, 0.29) is 5.91 Å². The van der Waals surface area contributed by atoms with Crippen molar-refractivity contribution in [1.29, 1.82) is 0 Å². The lowest BCUT2D eigenvalue weighted by molar-refractivity contribution is -0.121. The lowest BCUT2D eigenvalue weighted by atomic mass is 10.2. The van der Waals surface area contributed by atoms with Crippen molar-refractivity contribution in [3.05, 3.63) is 24.2 Å². The zero-order valence-electron chi connectivity index (χ0n) is 7.88. The molecule has 1 rings (SSSR count). The average molecular weight is 181 g/mol. The van der Waals surface area contributed by atoms with Crippen molar-refractivity contribution in [3.8, 4) is 0 Å². The van der Waals surface area contributed by atoms with Crippen molar-refractivity contribution in [3.63, 3.8) is 0 Å². The van der Waals surface area contributed by atoms with Gasteiger partial charge in [0.2, 0.25) is 5.91 Å². The molecule has 1 amide bonds. The molecular formula is C10H15NO2. The first-order valence-corrected chi connectivity index (χ1v) is 4.62. The molecule has 1 aromatic rings. The minimum atomic E-state index is 0.0956. The Morgan fingerprint density at radius 1 is 1.62 bits per heavy atom. The third kappa shape index (κ3) is 3.78. The van der Waals surface area contributed by atoms with Crippen LogP contribution in [0.3, 0.4) is 0 Å². The van der Waals surface area contributed by atoms with Crippen LogP contribution < -0.4 is 5.32 Å². The third-order valence-electron chi connectivity index (χ3n) is 1.75. The smallest absolute Gasteiger partial charge is 0.220 e. The monoisotopic (exact) mass is 181 g/mol. The van der Waals surface area contributed by atoms with Gasteiger partial charge in [-0.3, -0.25) is 4.79 Å². The fourth-order valence-corrected chi connectivity index (χ4v) is 1.04. The molecule has 0 saturated heterocycles.